The maximum Gasteiger partial charge on any atom is 0.511 e. The second kappa shape index (κ2) is 3.70. The van der Waals surface area contributed by atoms with Crippen LogP contribution in [-0.4, -0.2) is 24.1 Å². The number of nitrogens with zero attached hydrogens (tertiary/aromatic N) is 1. The van der Waals surface area contributed by atoms with Crippen LogP contribution in [0.25, 0.3) is 0 Å². The molecule has 4 N–H and O–H groups in total. The fourth-order valence-corrected chi connectivity index (χ4v) is 1.23. The molecule has 0 aliphatic rings. The summed E-state index contributed by atoms with van der Waals surface area (Å²) in [7, 11) is -5.34. The molecule has 0 bridgehead atoms. The molecule has 6 nitrogen and oxygen atoms in total. The Morgan fingerprint density at radius 1 is 1.53 bits per heavy atom. The minimum Gasteiger partial charge on any atom is -0.384 e. The quantitative estimate of drug-likeness (QED) is 0.692. The van der Waals surface area contributed by atoms with Gasteiger partial charge in [0.25, 0.3) is 0 Å². The summed E-state index contributed by atoms with van der Waals surface area (Å²) in [5.74, 6) is 0.0138. The summed E-state index contributed by atoms with van der Waals surface area (Å²) in [6.07, 6.45) is 1.13. The number of nitrogens with two attached hydrogens (primary N) is 1. The van der Waals surface area contributed by atoms with Crippen LogP contribution in [0.15, 0.2) is 6.20 Å². The molecule has 0 aliphatic carbocycles. The zero-order valence-electron chi connectivity index (χ0n) is 7.17. The van der Waals surface area contributed by atoms with Crippen LogP contribution < -0.4 is 10.5 Å². The molecule has 15 heavy (non-hydrogen) atoms. The number of anilines is 1. The minimum absolute atomic E-state index is 0.0138. The van der Waals surface area contributed by atoms with E-state index in [1.807, 2.05) is 0 Å². The van der Waals surface area contributed by atoms with E-state index in [1.165, 1.54) is 4.72 Å². The second-order valence-corrected chi connectivity index (χ2v) is 4.34. The lowest BCUT2D eigenvalue weighted by Gasteiger charge is -2.08. The fraction of sp³-hybridized carbons (Fsp3) is 0.400. The fourth-order valence-electron chi connectivity index (χ4n) is 0.717. The molecule has 86 valence electrons. The molecule has 0 amide bonds. The summed E-state index contributed by atoms with van der Waals surface area (Å²) in [6, 6.07) is 0. The molecule has 0 unspecified atom stereocenters. The first-order valence-electron chi connectivity index (χ1n) is 3.57. The molecule has 1 aromatic rings. The molecule has 0 aromatic carbocycles. The number of H-pyrrole nitrogens is 1. The largest absolute Gasteiger partial charge is 0.511 e. The number of aromatic amines is 1. The summed E-state index contributed by atoms with van der Waals surface area (Å²) in [5, 5.41) is 5.67. The minimum atomic E-state index is -5.34. The summed E-state index contributed by atoms with van der Waals surface area (Å²) in [5.41, 5.74) is 0.0585. The number of sulfonamides is 1. The molecule has 0 aliphatic heterocycles. The van der Waals surface area contributed by atoms with Crippen LogP contribution in [0.3, 0.4) is 0 Å². The van der Waals surface area contributed by atoms with Crippen LogP contribution in [0.4, 0.5) is 19.0 Å². The first kappa shape index (κ1) is 11.8. The maximum absolute atomic E-state index is 11.9. The number of halogens is 3. The van der Waals surface area contributed by atoms with Crippen LogP contribution >= 0.6 is 0 Å². The molecular weight excluding hydrogens is 237 g/mol. The Labute approximate surface area is 82.7 Å². The van der Waals surface area contributed by atoms with Crippen LogP contribution in [0.2, 0.25) is 0 Å². The Morgan fingerprint density at radius 2 is 2.13 bits per heavy atom. The van der Waals surface area contributed by atoms with Crippen molar-refractivity contribution in [2.24, 2.45) is 0 Å². The molecular formula is C5H7F3N4O2S. The van der Waals surface area contributed by atoms with Gasteiger partial charge in [-0.2, -0.15) is 18.3 Å². The van der Waals surface area contributed by atoms with Gasteiger partial charge in [0, 0.05) is 12.1 Å². The van der Waals surface area contributed by atoms with Crippen molar-refractivity contribution in [1.82, 2.24) is 14.9 Å². The predicted octanol–water partition coefficient (Wildman–Crippen LogP) is -0.0689. The Hall–Kier alpha value is -1.29. The standard InChI is InChI=1S/C5H7F3N4O2S/c6-5(7,8)15(13,14)11-2-3-1-10-12-4(3)9/h1,11H,2H2,(H3,9,10,12). The number of alkyl halides is 3. The molecule has 1 aromatic heterocycles. The summed E-state index contributed by atoms with van der Waals surface area (Å²) in [4.78, 5) is 0. The van der Waals surface area contributed by atoms with Gasteiger partial charge in [-0.25, -0.2) is 13.1 Å². The average molecular weight is 244 g/mol. The van der Waals surface area contributed by atoms with Gasteiger partial charge in [0.1, 0.15) is 5.82 Å². The Bertz CT molecular complexity index is 437. The van der Waals surface area contributed by atoms with Crippen LogP contribution in [0.1, 0.15) is 5.56 Å². The van der Waals surface area contributed by atoms with Gasteiger partial charge in [-0.1, -0.05) is 0 Å². The summed E-state index contributed by atoms with van der Waals surface area (Å²) >= 11 is 0. The third kappa shape index (κ3) is 2.59. The third-order valence-electron chi connectivity index (χ3n) is 1.51. The van der Waals surface area contributed by atoms with Gasteiger partial charge in [0.05, 0.1) is 6.20 Å². The molecule has 0 saturated carbocycles. The van der Waals surface area contributed by atoms with Crippen LogP contribution in [0, 0.1) is 0 Å². The number of hydrogen-bond acceptors (Lipinski definition) is 4. The monoisotopic (exact) mass is 244 g/mol. The van der Waals surface area contributed by atoms with Gasteiger partial charge < -0.3 is 5.73 Å². The van der Waals surface area contributed by atoms with Crippen molar-refractivity contribution in [3.8, 4) is 0 Å². The van der Waals surface area contributed by atoms with Crippen molar-refractivity contribution in [2.45, 2.75) is 12.1 Å². The highest BCUT2D eigenvalue weighted by molar-refractivity contribution is 7.90. The van der Waals surface area contributed by atoms with Crippen molar-refractivity contribution >= 4 is 15.8 Å². The van der Waals surface area contributed by atoms with Gasteiger partial charge in [0.2, 0.25) is 0 Å². The zero-order chi connectivity index (χ0) is 11.7. The number of rotatable bonds is 3. The van der Waals surface area contributed by atoms with Crippen molar-refractivity contribution in [3.05, 3.63) is 11.8 Å². The lowest BCUT2D eigenvalue weighted by atomic mass is 10.3. The van der Waals surface area contributed by atoms with E-state index in [2.05, 4.69) is 10.2 Å². The number of nitrogens with one attached hydrogen (secondary N) is 2. The average Bonchev–Trinajstić information content (AvgIpc) is 2.46. The Kier molecular flexibility index (Phi) is 2.90. The highest BCUT2D eigenvalue weighted by atomic mass is 32.2. The van der Waals surface area contributed by atoms with Gasteiger partial charge in [-0.15, -0.1) is 0 Å². The van der Waals surface area contributed by atoms with Crippen molar-refractivity contribution < 1.29 is 21.6 Å². The third-order valence-corrected chi connectivity index (χ3v) is 2.64. The number of aromatic nitrogens is 2. The van der Waals surface area contributed by atoms with E-state index in [9.17, 15) is 21.6 Å². The molecule has 0 saturated heterocycles. The summed E-state index contributed by atoms with van der Waals surface area (Å²) < 4.78 is 58.0. The smallest absolute Gasteiger partial charge is 0.384 e. The lowest BCUT2D eigenvalue weighted by Crippen LogP contribution is -2.36. The van der Waals surface area contributed by atoms with Crippen molar-refractivity contribution in [2.75, 3.05) is 5.73 Å². The van der Waals surface area contributed by atoms with E-state index in [0.717, 1.165) is 6.20 Å². The first-order valence-corrected chi connectivity index (χ1v) is 5.06. The van der Waals surface area contributed by atoms with E-state index >= 15 is 0 Å². The molecule has 1 rings (SSSR count). The first-order chi connectivity index (χ1) is 6.74. The highest BCUT2D eigenvalue weighted by Gasteiger charge is 2.45. The van der Waals surface area contributed by atoms with E-state index in [0.29, 0.717) is 0 Å². The van der Waals surface area contributed by atoms with E-state index in [4.69, 9.17) is 5.73 Å². The summed E-state index contributed by atoms with van der Waals surface area (Å²) in [6.45, 7) is -0.565. The molecule has 0 spiro atoms. The van der Waals surface area contributed by atoms with Crippen molar-refractivity contribution in [1.29, 1.82) is 0 Å². The van der Waals surface area contributed by atoms with Crippen molar-refractivity contribution in [3.63, 3.8) is 0 Å². The van der Waals surface area contributed by atoms with E-state index in [-0.39, 0.29) is 11.4 Å². The Balaban J connectivity index is 2.71. The van der Waals surface area contributed by atoms with E-state index in [1.54, 1.807) is 0 Å². The van der Waals surface area contributed by atoms with Gasteiger partial charge >= 0.3 is 15.5 Å². The van der Waals surface area contributed by atoms with Gasteiger partial charge in [0.15, 0.2) is 0 Å². The maximum atomic E-state index is 11.9. The second-order valence-electron chi connectivity index (χ2n) is 2.58. The van der Waals surface area contributed by atoms with Gasteiger partial charge in [-0.05, 0) is 0 Å². The topological polar surface area (TPSA) is 101 Å². The number of nitrogen functional groups attached to an aromatic ring is 1. The molecule has 0 radical (unpaired) electrons. The lowest BCUT2D eigenvalue weighted by molar-refractivity contribution is -0.0448. The van der Waals surface area contributed by atoms with E-state index < -0.39 is 22.1 Å². The SMILES string of the molecule is Nc1[nH]ncc1CNS(=O)(=O)C(F)(F)F. The zero-order valence-corrected chi connectivity index (χ0v) is 7.98. The molecule has 0 fully saturated rings. The van der Waals surface area contributed by atoms with Crippen LogP contribution in [-0.2, 0) is 16.6 Å². The predicted molar refractivity (Wildman–Crippen MR) is 44.8 cm³/mol. The highest BCUT2D eigenvalue weighted by Crippen LogP contribution is 2.22. The van der Waals surface area contributed by atoms with Crippen LogP contribution in [0.5, 0.6) is 0 Å². The molecule has 10 heteroatoms. The Morgan fingerprint density at radius 3 is 2.53 bits per heavy atom. The molecule has 0 atom stereocenters. The van der Waals surface area contributed by atoms with Gasteiger partial charge in [-0.3, -0.25) is 5.10 Å². The number of hydrogen-bond donors (Lipinski definition) is 3. The normalized spacial score (nSPS) is 13.0. The molecule has 1 heterocycles.